The van der Waals surface area contributed by atoms with Gasteiger partial charge >= 0.3 is 5.97 Å². The molecule has 7 heteroatoms. The van der Waals surface area contributed by atoms with Gasteiger partial charge in [0.1, 0.15) is 10.9 Å². The lowest BCUT2D eigenvalue weighted by molar-refractivity contribution is -0.139. The SMILES string of the molecule is CCCC[C@H](NS(=O)(=O)c1ccc(C)cc1Cl)C(=O)O. The molecule has 0 aliphatic carbocycles. The molecule has 0 fully saturated rings. The molecule has 5 nitrogen and oxygen atoms in total. The highest BCUT2D eigenvalue weighted by Crippen LogP contribution is 2.22. The fourth-order valence-electron chi connectivity index (χ4n) is 1.72. The number of aliphatic carboxylic acids is 1. The summed E-state index contributed by atoms with van der Waals surface area (Å²) in [7, 11) is -3.95. The van der Waals surface area contributed by atoms with Gasteiger partial charge in [0.15, 0.2) is 0 Å². The number of hydrogen-bond acceptors (Lipinski definition) is 3. The molecule has 20 heavy (non-hydrogen) atoms. The number of sulfonamides is 1. The van der Waals surface area contributed by atoms with Crippen LogP contribution in [0.3, 0.4) is 0 Å². The van der Waals surface area contributed by atoms with Gasteiger partial charge in [0.05, 0.1) is 5.02 Å². The molecule has 0 bridgehead atoms. The highest BCUT2D eigenvalue weighted by Gasteiger charge is 2.26. The number of aryl methyl sites for hydroxylation is 1. The largest absolute Gasteiger partial charge is 0.480 e. The zero-order chi connectivity index (χ0) is 15.3. The number of carboxylic acid groups (broad SMARTS) is 1. The van der Waals surface area contributed by atoms with E-state index in [1.807, 2.05) is 6.92 Å². The maximum atomic E-state index is 12.2. The second kappa shape index (κ2) is 7.06. The Labute approximate surface area is 124 Å². The van der Waals surface area contributed by atoms with Crippen LogP contribution in [0.1, 0.15) is 31.7 Å². The Morgan fingerprint density at radius 2 is 2.10 bits per heavy atom. The lowest BCUT2D eigenvalue weighted by Crippen LogP contribution is -2.40. The van der Waals surface area contributed by atoms with Crippen molar-refractivity contribution in [1.82, 2.24) is 4.72 Å². The van der Waals surface area contributed by atoms with E-state index in [-0.39, 0.29) is 16.3 Å². The number of halogens is 1. The maximum Gasteiger partial charge on any atom is 0.321 e. The number of unbranched alkanes of at least 4 members (excludes halogenated alkanes) is 1. The summed E-state index contributed by atoms with van der Waals surface area (Å²) in [5, 5.41) is 9.14. The molecule has 1 aromatic carbocycles. The standard InChI is InChI=1S/C13H18ClNO4S/c1-3-4-5-11(13(16)17)15-20(18,19)12-7-6-9(2)8-10(12)14/h6-8,11,15H,3-5H2,1-2H3,(H,16,17)/t11-/m0/s1. The van der Waals surface area contributed by atoms with E-state index in [0.29, 0.717) is 6.42 Å². The fraction of sp³-hybridized carbons (Fsp3) is 0.462. The molecule has 1 aromatic rings. The van der Waals surface area contributed by atoms with E-state index in [1.54, 1.807) is 13.0 Å². The Morgan fingerprint density at radius 1 is 1.45 bits per heavy atom. The molecule has 0 aliphatic rings. The Morgan fingerprint density at radius 3 is 2.60 bits per heavy atom. The summed E-state index contributed by atoms with van der Waals surface area (Å²) in [6, 6.07) is 3.37. The fourth-order valence-corrected chi connectivity index (χ4v) is 3.54. The molecule has 0 saturated carbocycles. The van der Waals surface area contributed by atoms with Crippen LogP contribution in [-0.2, 0) is 14.8 Å². The van der Waals surface area contributed by atoms with Crippen molar-refractivity contribution in [2.24, 2.45) is 0 Å². The minimum atomic E-state index is -3.95. The highest BCUT2D eigenvalue weighted by atomic mass is 35.5. The minimum Gasteiger partial charge on any atom is -0.480 e. The quantitative estimate of drug-likeness (QED) is 0.809. The van der Waals surface area contributed by atoms with E-state index in [0.717, 1.165) is 12.0 Å². The van der Waals surface area contributed by atoms with Gasteiger partial charge in [-0.05, 0) is 31.0 Å². The van der Waals surface area contributed by atoms with Crippen LogP contribution in [0.4, 0.5) is 0 Å². The van der Waals surface area contributed by atoms with Gasteiger partial charge in [0, 0.05) is 0 Å². The van der Waals surface area contributed by atoms with Gasteiger partial charge in [-0.3, -0.25) is 4.79 Å². The molecule has 0 aromatic heterocycles. The number of carboxylic acids is 1. The monoisotopic (exact) mass is 319 g/mol. The lowest BCUT2D eigenvalue weighted by atomic mass is 10.1. The molecule has 0 aliphatic heterocycles. The zero-order valence-corrected chi connectivity index (χ0v) is 13.0. The molecular weight excluding hydrogens is 302 g/mol. The predicted octanol–water partition coefficient (Wildman–Crippen LogP) is 2.57. The lowest BCUT2D eigenvalue weighted by Gasteiger charge is -2.15. The van der Waals surface area contributed by atoms with Gasteiger partial charge in [-0.1, -0.05) is 37.4 Å². The van der Waals surface area contributed by atoms with Gasteiger partial charge < -0.3 is 5.11 Å². The first kappa shape index (κ1) is 16.9. The Bertz CT molecular complexity index is 586. The van der Waals surface area contributed by atoms with Crippen molar-refractivity contribution in [1.29, 1.82) is 0 Å². The average Bonchev–Trinajstić information content (AvgIpc) is 2.33. The summed E-state index contributed by atoms with van der Waals surface area (Å²) < 4.78 is 26.6. The maximum absolute atomic E-state index is 12.2. The number of carbonyl (C=O) groups is 1. The van der Waals surface area contributed by atoms with Crippen LogP contribution in [0.2, 0.25) is 5.02 Å². The second-order valence-electron chi connectivity index (χ2n) is 4.59. The van der Waals surface area contributed by atoms with Crippen LogP contribution in [0.15, 0.2) is 23.1 Å². The van der Waals surface area contributed by atoms with Crippen molar-refractivity contribution >= 4 is 27.6 Å². The van der Waals surface area contributed by atoms with Crippen LogP contribution in [-0.4, -0.2) is 25.5 Å². The van der Waals surface area contributed by atoms with Crippen molar-refractivity contribution in [3.8, 4) is 0 Å². The van der Waals surface area contributed by atoms with E-state index >= 15 is 0 Å². The first-order chi connectivity index (χ1) is 9.27. The Hall–Kier alpha value is -1.11. The number of rotatable bonds is 7. The van der Waals surface area contributed by atoms with Crippen molar-refractivity contribution in [3.05, 3.63) is 28.8 Å². The van der Waals surface area contributed by atoms with Gasteiger partial charge in [-0.25, -0.2) is 8.42 Å². The van der Waals surface area contributed by atoms with Crippen LogP contribution in [0.5, 0.6) is 0 Å². The summed E-state index contributed by atoms with van der Waals surface area (Å²) in [4.78, 5) is 11.0. The van der Waals surface area contributed by atoms with Crippen molar-refractivity contribution in [3.63, 3.8) is 0 Å². The first-order valence-electron chi connectivity index (χ1n) is 6.29. The van der Waals surface area contributed by atoms with Gasteiger partial charge in [0.2, 0.25) is 10.0 Å². The second-order valence-corrected chi connectivity index (χ2v) is 6.68. The summed E-state index contributed by atoms with van der Waals surface area (Å²) in [6.07, 6.45) is 1.66. The van der Waals surface area contributed by atoms with E-state index < -0.39 is 22.0 Å². The normalized spacial score (nSPS) is 13.2. The third-order valence-corrected chi connectivity index (χ3v) is 4.77. The van der Waals surface area contributed by atoms with Crippen LogP contribution >= 0.6 is 11.6 Å². The summed E-state index contributed by atoms with van der Waals surface area (Å²) in [5.41, 5.74) is 0.828. The Balaban J connectivity index is 3.00. The molecule has 0 unspecified atom stereocenters. The van der Waals surface area contributed by atoms with Gasteiger partial charge in [-0.15, -0.1) is 0 Å². The van der Waals surface area contributed by atoms with Crippen LogP contribution < -0.4 is 4.72 Å². The molecule has 112 valence electrons. The minimum absolute atomic E-state index is 0.0807. The molecule has 0 spiro atoms. The summed E-state index contributed by atoms with van der Waals surface area (Å²) >= 11 is 5.91. The van der Waals surface area contributed by atoms with Crippen LogP contribution in [0.25, 0.3) is 0 Å². The van der Waals surface area contributed by atoms with E-state index in [1.165, 1.54) is 12.1 Å². The third kappa shape index (κ3) is 4.47. The number of nitrogens with one attached hydrogen (secondary N) is 1. The van der Waals surface area contributed by atoms with Crippen molar-refractivity contribution < 1.29 is 18.3 Å². The molecule has 0 amide bonds. The number of benzene rings is 1. The highest BCUT2D eigenvalue weighted by molar-refractivity contribution is 7.89. The first-order valence-corrected chi connectivity index (χ1v) is 8.15. The van der Waals surface area contributed by atoms with Crippen molar-refractivity contribution in [2.45, 2.75) is 44.0 Å². The number of hydrogen-bond donors (Lipinski definition) is 2. The molecule has 1 rings (SSSR count). The molecule has 2 N–H and O–H groups in total. The summed E-state index contributed by atoms with van der Waals surface area (Å²) in [6.45, 7) is 3.70. The van der Waals surface area contributed by atoms with E-state index in [2.05, 4.69) is 4.72 Å². The van der Waals surface area contributed by atoms with Gasteiger partial charge in [-0.2, -0.15) is 4.72 Å². The topological polar surface area (TPSA) is 83.5 Å². The smallest absolute Gasteiger partial charge is 0.321 e. The molecular formula is C13H18ClNO4S. The molecule has 0 saturated heterocycles. The zero-order valence-electron chi connectivity index (χ0n) is 11.4. The third-order valence-electron chi connectivity index (χ3n) is 2.82. The van der Waals surface area contributed by atoms with Gasteiger partial charge in [0.25, 0.3) is 0 Å². The Kier molecular flexibility index (Phi) is 5.98. The van der Waals surface area contributed by atoms with E-state index in [4.69, 9.17) is 16.7 Å². The molecule has 0 radical (unpaired) electrons. The van der Waals surface area contributed by atoms with Crippen molar-refractivity contribution in [2.75, 3.05) is 0 Å². The molecule has 1 atom stereocenters. The molecule has 0 heterocycles. The predicted molar refractivity (Wildman–Crippen MR) is 77.5 cm³/mol. The average molecular weight is 320 g/mol. The van der Waals surface area contributed by atoms with E-state index in [9.17, 15) is 13.2 Å². The summed E-state index contributed by atoms with van der Waals surface area (Å²) in [5.74, 6) is -1.19. The van der Waals surface area contributed by atoms with Crippen LogP contribution in [0, 0.1) is 6.92 Å².